The van der Waals surface area contributed by atoms with Gasteiger partial charge in [-0.25, -0.2) is 0 Å². The lowest BCUT2D eigenvalue weighted by Gasteiger charge is -2.13. The molecule has 2 rings (SSSR count). The Morgan fingerprint density at radius 1 is 1.47 bits per heavy atom. The predicted molar refractivity (Wildman–Crippen MR) is 68.3 cm³/mol. The van der Waals surface area contributed by atoms with Crippen LogP contribution < -0.4 is 0 Å². The van der Waals surface area contributed by atoms with Gasteiger partial charge in [-0.3, -0.25) is 4.79 Å². The normalized spacial score (nSPS) is 16.8. The summed E-state index contributed by atoms with van der Waals surface area (Å²) in [7, 11) is 1.64. The van der Waals surface area contributed by atoms with Crippen LogP contribution in [0, 0.1) is 5.92 Å². The van der Waals surface area contributed by atoms with Gasteiger partial charge in [-0.1, -0.05) is 31.5 Å². The molecule has 2 nitrogen and oxygen atoms in total. The van der Waals surface area contributed by atoms with Crippen LogP contribution in [0.25, 0.3) is 0 Å². The number of ether oxygens (including phenoxy) is 1. The quantitative estimate of drug-likeness (QED) is 0.704. The number of methoxy groups -OCH3 is 1. The monoisotopic (exact) mass is 232 g/mol. The first-order valence-electron chi connectivity index (χ1n) is 6.42. The van der Waals surface area contributed by atoms with Crippen molar-refractivity contribution in [2.24, 2.45) is 5.92 Å². The molecule has 92 valence electrons. The summed E-state index contributed by atoms with van der Waals surface area (Å²) in [5.74, 6) is 0.593. The van der Waals surface area contributed by atoms with E-state index in [0.29, 0.717) is 5.92 Å². The molecule has 1 fully saturated rings. The van der Waals surface area contributed by atoms with Gasteiger partial charge < -0.3 is 4.74 Å². The molecule has 0 amide bonds. The van der Waals surface area contributed by atoms with Crippen LogP contribution in [0.1, 0.15) is 42.1 Å². The molecule has 2 heteroatoms. The minimum Gasteiger partial charge on any atom is -0.373 e. The number of carbonyl (C=O) groups excluding carboxylic acids is 1. The van der Waals surface area contributed by atoms with Crippen molar-refractivity contribution in [2.45, 2.75) is 38.7 Å². The second kappa shape index (κ2) is 5.46. The molecule has 0 saturated heterocycles. The van der Waals surface area contributed by atoms with Gasteiger partial charge in [0.05, 0.1) is 0 Å². The molecule has 1 aromatic carbocycles. The van der Waals surface area contributed by atoms with Crippen molar-refractivity contribution in [3.05, 3.63) is 35.4 Å². The first-order chi connectivity index (χ1) is 8.26. The summed E-state index contributed by atoms with van der Waals surface area (Å²) < 4.78 is 5.34. The fourth-order valence-electron chi connectivity index (χ4n) is 2.25. The zero-order valence-electron chi connectivity index (χ0n) is 10.6. The van der Waals surface area contributed by atoms with Crippen LogP contribution in [-0.2, 0) is 11.2 Å². The molecule has 0 heterocycles. The lowest BCUT2D eigenvalue weighted by Crippen LogP contribution is -2.25. The van der Waals surface area contributed by atoms with Crippen LogP contribution in [0.4, 0.5) is 0 Å². The summed E-state index contributed by atoms with van der Waals surface area (Å²) in [5, 5.41) is 0. The fraction of sp³-hybridized carbons (Fsp3) is 0.533. The second-order valence-electron chi connectivity index (χ2n) is 4.81. The molecule has 0 spiro atoms. The van der Waals surface area contributed by atoms with E-state index in [-0.39, 0.29) is 11.9 Å². The van der Waals surface area contributed by atoms with Gasteiger partial charge in [-0.05, 0) is 36.8 Å². The summed E-state index contributed by atoms with van der Waals surface area (Å²) in [6, 6.07) is 7.97. The zero-order chi connectivity index (χ0) is 12.3. The molecule has 1 aliphatic rings. The van der Waals surface area contributed by atoms with Crippen LogP contribution in [0.15, 0.2) is 24.3 Å². The zero-order valence-corrected chi connectivity index (χ0v) is 10.6. The summed E-state index contributed by atoms with van der Waals surface area (Å²) in [5.41, 5.74) is 2.04. The van der Waals surface area contributed by atoms with Crippen LogP contribution in [0.2, 0.25) is 0 Å². The van der Waals surface area contributed by atoms with Gasteiger partial charge in [0.2, 0.25) is 0 Å². The Balaban J connectivity index is 2.14. The van der Waals surface area contributed by atoms with E-state index in [4.69, 9.17) is 4.74 Å². The number of hydrogen-bond donors (Lipinski definition) is 0. The summed E-state index contributed by atoms with van der Waals surface area (Å²) in [6.07, 6.45) is 4.15. The average molecular weight is 232 g/mol. The molecular weight excluding hydrogens is 212 g/mol. The molecule has 0 bridgehead atoms. The number of aryl methyl sites for hydroxylation is 1. The van der Waals surface area contributed by atoms with Crippen LogP contribution in [-0.4, -0.2) is 19.0 Å². The molecule has 0 N–H and O–H groups in total. The summed E-state index contributed by atoms with van der Waals surface area (Å²) in [4.78, 5) is 12.3. The van der Waals surface area contributed by atoms with Gasteiger partial charge in [-0.15, -0.1) is 0 Å². The van der Waals surface area contributed by atoms with Gasteiger partial charge in [0.15, 0.2) is 5.78 Å². The van der Waals surface area contributed by atoms with Gasteiger partial charge in [-0.2, -0.15) is 0 Å². The van der Waals surface area contributed by atoms with Gasteiger partial charge in [0, 0.05) is 12.7 Å². The molecule has 17 heavy (non-hydrogen) atoms. The Morgan fingerprint density at radius 3 is 2.82 bits per heavy atom. The topological polar surface area (TPSA) is 26.3 Å². The standard InChI is InChI=1S/C15H20O2/c1-3-5-11-6-4-7-13(10-11)14(16)15(17-2)12-8-9-12/h4,6-7,10,12,15H,3,5,8-9H2,1-2H3. The van der Waals surface area contributed by atoms with E-state index in [1.165, 1.54) is 5.56 Å². The van der Waals surface area contributed by atoms with Gasteiger partial charge in [0.1, 0.15) is 6.10 Å². The molecule has 1 aromatic rings. The number of Topliss-reactive ketones (excluding diaryl/α,β-unsaturated/α-hetero) is 1. The van der Waals surface area contributed by atoms with Crippen LogP contribution in [0.3, 0.4) is 0 Å². The van der Waals surface area contributed by atoms with Crippen molar-refractivity contribution < 1.29 is 9.53 Å². The van der Waals surface area contributed by atoms with E-state index in [2.05, 4.69) is 13.0 Å². The Hall–Kier alpha value is -1.15. The molecule has 0 aromatic heterocycles. The van der Waals surface area contributed by atoms with E-state index in [9.17, 15) is 4.79 Å². The molecule has 1 saturated carbocycles. The summed E-state index contributed by atoms with van der Waals surface area (Å²) >= 11 is 0. The van der Waals surface area contributed by atoms with Crippen molar-refractivity contribution in [1.29, 1.82) is 0 Å². The predicted octanol–water partition coefficient (Wildman–Crippen LogP) is 3.25. The van der Waals surface area contributed by atoms with E-state index < -0.39 is 0 Å². The smallest absolute Gasteiger partial charge is 0.191 e. The van der Waals surface area contributed by atoms with E-state index in [0.717, 1.165) is 31.2 Å². The van der Waals surface area contributed by atoms with Crippen molar-refractivity contribution in [2.75, 3.05) is 7.11 Å². The summed E-state index contributed by atoms with van der Waals surface area (Å²) in [6.45, 7) is 2.15. The highest BCUT2D eigenvalue weighted by Crippen LogP contribution is 2.35. The number of ketones is 1. The Labute approximate surface area is 103 Å². The van der Waals surface area contributed by atoms with Crippen molar-refractivity contribution in [3.63, 3.8) is 0 Å². The fourth-order valence-corrected chi connectivity index (χ4v) is 2.25. The highest BCUT2D eigenvalue weighted by atomic mass is 16.5. The van der Waals surface area contributed by atoms with E-state index >= 15 is 0 Å². The molecule has 0 radical (unpaired) electrons. The Morgan fingerprint density at radius 2 is 2.24 bits per heavy atom. The van der Waals surface area contributed by atoms with E-state index in [1.807, 2.05) is 18.2 Å². The van der Waals surface area contributed by atoms with Gasteiger partial charge in [0.25, 0.3) is 0 Å². The molecule has 0 aliphatic heterocycles. The maximum absolute atomic E-state index is 12.3. The number of hydrogen-bond acceptors (Lipinski definition) is 2. The Kier molecular flexibility index (Phi) is 3.95. The minimum atomic E-state index is -0.230. The first kappa shape index (κ1) is 12.3. The third-order valence-corrected chi connectivity index (χ3v) is 3.31. The van der Waals surface area contributed by atoms with E-state index in [1.54, 1.807) is 7.11 Å². The maximum atomic E-state index is 12.3. The number of rotatable bonds is 6. The van der Waals surface area contributed by atoms with Crippen molar-refractivity contribution >= 4 is 5.78 Å². The third-order valence-electron chi connectivity index (χ3n) is 3.31. The molecular formula is C15H20O2. The largest absolute Gasteiger partial charge is 0.373 e. The third kappa shape index (κ3) is 2.95. The number of benzene rings is 1. The minimum absolute atomic E-state index is 0.146. The highest BCUT2D eigenvalue weighted by molar-refractivity contribution is 6.00. The SMILES string of the molecule is CCCc1cccc(C(=O)C(OC)C2CC2)c1. The lowest BCUT2D eigenvalue weighted by molar-refractivity contribution is 0.0540. The maximum Gasteiger partial charge on any atom is 0.191 e. The molecule has 1 aliphatic carbocycles. The average Bonchev–Trinajstić information content (AvgIpc) is 3.15. The first-order valence-corrected chi connectivity index (χ1v) is 6.42. The lowest BCUT2D eigenvalue weighted by atomic mass is 9.99. The molecule has 1 unspecified atom stereocenters. The Bertz CT molecular complexity index is 394. The van der Waals surface area contributed by atoms with Crippen molar-refractivity contribution in [3.8, 4) is 0 Å². The van der Waals surface area contributed by atoms with Crippen molar-refractivity contribution in [1.82, 2.24) is 0 Å². The van der Waals surface area contributed by atoms with Gasteiger partial charge >= 0.3 is 0 Å². The highest BCUT2D eigenvalue weighted by Gasteiger charge is 2.36. The molecule has 1 atom stereocenters. The second-order valence-corrected chi connectivity index (χ2v) is 4.81. The van der Waals surface area contributed by atoms with Crippen LogP contribution >= 0.6 is 0 Å². The van der Waals surface area contributed by atoms with Crippen LogP contribution in [0.5, 0.6) is 0 Å². The number of carbonyl (C=O) groups is 1.